The fraction of sp³-hybridized carbons (Fsp3) is 0.727. The molecule has 0 bridgehead atoms. The molecule has 0 radical (unpaired) electrons. The number of urea groups is 1. The van der Waals surface area contributed by atoms with Crippen LogP contribution in [0.1, 0.15) is 19.3 Å². The van der Waals surface area contributed by atoms with Gasteiger partial charge >= 0.3 is 18.0 Å². The molecule has 1 saturated heterocycles. The van der Waals surface area contributed by atoms with Gasteiger partial charge in [0.25, 0.3) is 0 Å². The fourth-order valence-electron chi connectivity index (χ4n) is 1.92. The number of piperidine rings is 1. The molecule has 1 heterocycles. The van der Waals surface area contributed by atoms with Crippen molar-refractivity contribution in [1.29, 1.82) is 0 Å². The van der Waals surface area contributed by atoms with Crippen LogP contribution in [-0.4, -0.2) is 54.7 Å². The Kier molecular flexibility index (Phi) is 5.41. The van der Waals surface area contributed by atoms with Crippen LogP contribution in [0.2, 0.25) is 0 Å². The van der Waals surface area contributed by atoms with Crippen molar-refractivity contribution in [3.63, 3.8) is 0 Å². The number of esters is 1. The second-order valence-corrected chi connectivity index (χ2v) is 4.26. The van der Waals surface area contributed by atoms with Crippen LogP contribution in [-0.2, 0) is 14.3 Å². The molecule has 1 fully saturated rings. The summed E-state index contributed by atoms with van der Waals surface area (Å²) < 4.78 is 4.41. The summed E-state index contributed by atoms with van der Waals surface area (Å²) in [6.45, 7) is 0.889. The van der Waals surface area contributed by atoms with Crippen LogP contribution < -0.4 is 5.32 Å². The van der Waals surface area contributed by atoms with Crippen molar-refractivity contribution in [2.24, 2.45) is 5.92 Å². The molecule has 0 atom stereocenters. The van der Waals surface area contributed by atoms with Crippen LogP contribution in [0.4, 0.5) is 4.79 Å². The first kappa shape index (κ1) is 14.3. The first-order valence-electron chi connectivity index (χ1n) is 5.84. The largest absolute Gasteiger partial charge is 0.481 e. The second-order valence-electron chi connectivity index (χ2n) is 4.26. The van der Waals surface area contributed by atoms with E-state index in [2.05, 4.69) is 10.1 Å². The van der Waals surface area contributed by atoms with E-state index in [1.54, 1.807) is 4.90 Å². The van der Waals surface area contributed by atoms with Gasteiger partial charge in [0.1, 0.15) is 6.54 Å². The molecule has 102 valence electrons. The van der Waals surface area contributed by atoms with Gasteiger partial charge in [-0.2, -0.15) is 0 Å². The highest BCUT2D eigenvalue weighted by molar-refractivity contribution is 5.80. The minimum absolute atomic E-state index is 0.132. The van der Waals surface area contributed by atoms with Gasteiger partial charge in [-0.3, -0.25) is 9.59 Å². The lowest BCUT2D eigenvalue weighted by Gasteiger charge is -2.31. The predicted octanol–water partition coefficient (Wildman–Crippen LogP) is 0.0557. The molecular weight excluding hydrogens is 240 g/mol. The second kappa shape index (κ2) is 6.83. The highest BCUT2D eigenvalue weighted by Gasteiger charge is 2.24. The monoisotopic (exact) mass is 258 g/mol. The summed E-state index contributed by atoms with van der Waals surface area (Å²) in [7, 11) is 1.26. The number of carbonyl (C=O) groups excluding carboxylic acids is 2. The molecule has 0 saturated carbocycles. The van der Waals surface area contributed by atoms with Gasteiger partial charge in [0.2, 0.25) is 0 Å². The molecule has 0 aromatic rings. The first-order chi connectivity index (χ1) is 8.52. The molecule has 1 rings (SSSR count). The maximum Gasteiger partial charge on any atom is 0.325 e. The Morgan fingerprint density at radius 1 is 1.33 bits per heavy atom. The first-order valence-corrected chi connectivity index (χ1v) is 5.84. The van der Waals surface area contributed by atoms with Crippen LogP contribution in [0.5, 0.6) is 0 Å². The highest BCUT2D eigenvalue weighted by atomic mass is 16.5. The minimum atomic E-state index is -0.802. The number of likely N-dealkylation sites (tertiary alicyclic amines) is 1. The highest BCUT2D eigenvalue weighted by Crippen LogP contribution is 2.20. The average molecular weight is 258 g/mol. The van der Waals surface area contributed by atoms with E-state index in [9.17, 15) is 14.4 Å². The molecule has 7 nitrogen and oxygen atoms in total. The summed E-state index contributed by atoms with van der Waals surface area (Å²) >= 11 is 0. The third kappa shape index (κ3) is 4.60. The van der Waals surface area contributed by atoms with E-state index in [0.29, 0.717) is 25.9 Å². The van der Waals surface area contributed by atoms with Crippen molar-refractivity contribution >= 4 is 18.0 Å². The Bertz CT molecular complexity index is 323. The molecule has 1 aliphatic heterocycles. The van der Waals surface area contributed by atoms with Gasteiger partial charge < -0.3 is 20.1 Å². The molecule has 18 heavy (non-hydrogen) atoms. The summed E-state index contributed by atoms with van der Waals surface area (Å²) in [6, 6.07) is -0.311. The SMILES string of the molecule is COC(=O)CNC(=O)N1CCC(CC(=O)O)CC1. The summed E-state index contributed by atoms with van der Waals surface area (Å²) in [5, 5.41) is 11.1. The van der Waals surface area contributed by atoms with E-state index in [-0.39, 0.29) is 24.9 Å². The number of methoxy groups -OCH3 is 1. The van der Waals surface area contributed by atoms with Crippen molar-refractivity contribution in [3.8, 4) is 0 Å². The molecule has 1 aliphatic rings. The summed E-state index contributed by atoms with van der Waals surface area (Å²) in [5.41, 5.74) is 0. The molecular formula is C11H18N2O5. The molecule has 2 N–H and O–H groups in total. The molecule has 0 aromatic carbocycles. The number of carboxylic acid groups (broad SMARTS) is 1. The van der Waals surface area contributed by atoms with E-state index >= 15 is 0 Å². The Morgan fingerprint density at radius 2 is 1.94 bits per heavy atom. The number of rotatable bonds is 4. The number of carbonyl (C=O) groups is 3. The Hall–Kier alpha value is -1.79. The molecule has 0 spiro atoms. The van der Waals surface area contributed by atoms with Gasteiger partial charge in [-0.1, -0.05) is 0 Å². The van der Waals surface area contributed by atoms with Crippen LogP contribution in [0.25, 0.3) is 0 Å². The number of carboxylic acids is 1. The molecule has 0 unspecified atom stereocenters. The van der Waals surface area contributed by atoms with Crippen LogP contribution >= 0.6 is 0 Å². The quantitative estimate of drug-likeness (QED) is 0.695. The Labute approximate surface area is 105 Å². The maximum absolute atomic E-state index is 11.6. The Balaban J connectivity index is 2.27. The van der Waals surface area contributed by atoms with Crippen molar-refractivity contribution in [3.05, 3.63) is 0 Å². The summed E-state index contributed by atoms with van der Waals surface area (Å²) in [5.74, 6) is -1.17. The van der Waals surface area contributed by atoms with Crippen LogP contribution in [0, 0.1) is 5.92 Å². The predicted molar refractivity (Wildman–Crippen MR) is 62.0 cm³/mol. The smallest absolute Gasteiger partial charge is 0.325 e. The lowest BCUT2D eigenvalue weighted by Crippen LogP contribution is -2.46. The minimum Gasteiger partial charge on any atom is -0.481 e. The number of nitrogens with zero attached hydrogens (tertiary/aromatic N) is 1. The van der Waals surface area contributed by atoms with Crippen LogP contribution in [0.3, 0.4) is 0 Å². The number of aliphatic carboxylic acids is 1. The summed E-state index contributed by atoms with van der Waals surface area (Å²) in [4.78, 5) is 34.6. The zero-order valence-corrected chi connectivity index (χ0v) is 10.3. The van der Waals surface area contributed by atoms with Crippen molar-refractivity contribution in [1.82, 2.24) is 10.2 Å². The van der Waals surface area contributed by atoms with E-state index < -0.39 is 11.9 Å². The van der Waals surface area contributed by atoms with E-state index in [0.717, 1.165) is 0 Å². The van der Waals surface area contributed by atoms with Gasteiger partial charge in [-0.15, -0.1) is 0 Å². The average Bonchev–Trinajstić information content (AvgIpc) is 2.35. The number of nitrogens with one attached hydrogen (secondary N) is 1. The van der Waals surface area contributed by atoms with Gasteiger partial charge in [-0.25, -0.2) is 4.79 Å². The normalized spacial score (nSPS) is 16.2. The maximum atomic E-state index is 11.6. The molecule has 0 aliphatic carbocycles. The van der Waals surface area contributed by atoms with Crippen LogP contribution in [0.15, 0.2) is 0 Å². The third-order valence-corrected chi connectivity index (χ3v) is 2.98. The van der Waals surface area contributed by atoms with Gasteiger partial charge in [0, 0.05) is 19.5 Å². The number of amides is 2. The van der Waals surface area contributed by atoms with E-state index in [4.69, 9.17) is 5.11 Å². The van der Waals surface area contributed by atoms with Gasteiger partial charge in [0.15, 0.2) is 0 Å². The topological polar surface area (TPSA) is 95.9 Å². The van der Waals surface area contributed by atoms with Crippen molar-refractivity contribution < 1.29 is 24.2 Å². The standard InChI is InChI=1S/C11H18N2O5/c1-18-10(16)7-12-11(17)13-4-2-8(3-5-13)6-9(14)15/h8H,2-7H2,1H3,(H,12,17)(H,14,15). The summed E-state index contributed by atoms with van der Waals surface area (Å²) in [6.07, 6.45) is 1.51. The molecule has 2 amide bonds. The lowest BCUT2D eigenvalue weighted by molar-refractivity contribution is -0.140. The molecule has 0 aromatic heterocycles. The van der Waals surface area contributed by atoms with Gasteiger partial charge in [-0.05, 0) is 18.8 Å². The third-order valence-electron chi connectivity index (χ3n) is 2.98. The molecule has 7 heteroatoms. The lowest BCUT2D eigenvalue weighted by atomic mass is 9.94. The Morgan fingerprint density at radius 3 is 2.44 bits per heavy atom. The zero-order valence-electron chi connectivity index (χ0n) is 10.3. The van der Waals surface area contributed by atoms with Gasteiger partial charge in [0.05, 0.1) is 7.11 Å². The number of ether oxygens (including phenoxy) is 1. The van der Waals surface area contributed by atoms with E-state index in [1.165, 1.54) is 7.11 Å². The number of hydrogen-bond donors (Lipinski definition) is 2. The van der Waals surface area contributed by atoms with Crippen molar-refractivity contribution in [2.75, 3.05) is 26.7 Å². The van der Waals surface area contributed by atoms with E-state index in [1.807, 2.05) is 0 Å². The zero-order chi connectivity index (χ0) is 13.5. The fourth-order valence-corrected chi connectivity index (χ4v) is 1.92. The number of hydrogen-bond acceptors (Lipinski definition) is 4. The van der Waals surface area contributed by atoms with Crippen molar-refractivity contribution in [2.45, 2.75) is 19.3 Å².